The van der Waals surface area contributed by atoms with Crippen LogP contribution in [0.5, 0.6) is 11.5 Å². The Morgan fingerprint density at radius 1 is 1.25 bits per heavy atom. The Kier molecular flexibility index (Phi) is 8.50. The van der Waals surface area contributed by atoms with Gasteiger partial charge in [0, 0.05) is 37.2 Å². The third-order valence-corrected chi connectivity index (χ3v) is 4.86. The molecule has 2 rings (SSSR count). The molecular weight excluding hydrogens is 322 g/mol. The minimum atomic E-state index is -0.474. The molecule has 1 aliphatic rings. The molecule has 0 bridgehead atoms. The van der Waals surface area contributed by atoms with Gasteiger partial charge in [-0.25, -0.2) is 0 Å². The summed E-state index contributed by atoms with van der Waals surface area (Å²) in [6, 6.07) is 5.83. The Morgan fingerprint density at radius 2 is 2.00 bits per heavy atom. The second kappa shape index (κ2) is 10.6. The first-order chi connectivity index (χ1) is 11.7. The molecular formula is C19H29NO3S. The Morgan fingerprint density at radius 3 is 2.71 bits per heavy atom. The molecule has 1 fully saturated rings. The molecule has 1 saturated heterocycles. The van der Waals surface area contributed by atoms with Gasteiger partial charge in [-0.1, -0.05) is 25.5 Å². The lowest BCUT2D eigenvalue weighted by Gasteiger charge is -2.28. The number of methoxy groups -OCH3 is 1. The molecule has 1 heterocycles. The summed E-state index contributed by atoms with van der Waals surface area (Å²) < 4.78 is 11.1. The van der Waals surface area contributed by atoms with Gasteiger partial charge in [0.25, 0.3) is 0 Å². The van der Waals surface area contributed by atoms with Crippen LogP contribution in [-0.4, -0.2) is 61.0 Å². The van der Waals surface area contributed by atoms with Gasteiger partial charge in [0.05, 0.1) is 7.11 Å². The monoisotopic (exact) mass is 351 g/mol. The first kappa shape index (κ1) is 19.2. The summed E-state index contributed by atoms with van der Waals surface area (Å²) in [5.41, 5.74) is 1.06. The number of thioether (sulfide) groups is 1. The van der Waals surface area contributed by atoms with Crippen molar-refractivity contribution in [2.45, 2.75) is 25.9 Å². The fraction of sp³-hybridized carbons (Fsp3) is 0.579. The summed E-state index contributed by atoms with van der Waals surface area (Å²) in [6.45, 7) is 5.23. The van der Waals surface area contributed by atoms with Gasteiger partial charge in [0.15, 0.2) is 0 Å². The largest absolute Gasteiger partial charge is 0.497 e. The van der Waals surface area contributed by atoms with Gasteiger partial charge in [0.2, 0.25) is 0 Å². The van der Waals surface area contributed by atoms with Crippen molar-refractivity contribution in [1.29, 1.82) is 0 Å². The van der Waals surface area contributed by atoms with E-state index in [0.717, 1.165) is 54.5 Å². The maximum absolute atomic E-state index is 10.2. The van der Waals surface area contributed by atoms with Crippen molar-refractivity contribution < 1.29 is 14.6 Å². The zero-order chi connectivity index (χ0) is 17.2. The van der Waals surface area contributed by atoms with Gasteiger partial charge in [-0.15, -0.1) is 0 Å². The van der Waals surface area contributed by atoms with E-state index in [1.807, 2.05) is 30.0 Å². The van der Waals surface area contributed by atoms with Gasteiger partial charge in [-0.05, 0) is 24.1 Å². The molecule has 0 saturated carbocycles. The number of allylic oxidation sites excluding steroid dienone is 1. The average molecular weight is 352 g/mol. The lowest BCUT2D eigenvalue weighted by molar-refractivity contribution is 0.0714. The molecule has 134 valence electrons. The van der Waals surface area contributed by atoms with Crippen LogP contribution in [0.15, 0.2) is 24.3 Å². The molecule has 1 aliphatic heterocycles. The number of rotatable bonds is 9. The Bertz CT molecular complexity index is 515. The number of hydrogen-bond acceptors (Lipinski definition) is 5. The average Bonchev–Trinajstić information content (AvgIpc) is 2.61. The van der Waals surface area contributed by atoms with E-state index < -0.39 is 6.10 Å². The number of ether oxygens (including phenoxy) is 2. The molecule has 4 nitrogen and oxygen atoms in total. The molecule has 1 aromatic carbocycles. The van der Waals surface area contributed by atoms with Crippen LogP contribution in [0.25, 0.3) is 6.08 Å². The predicted octanol–water partition coefficient (Wildman–Crippen LogP) is 3.30. The Balaban J connectivity index is 1.89. The standard InChI is InChI=1S/C19H29NO3S/c1-3-4-5-6-16-11-18(22-2)13-19(12-16)23-15-17(21)14-20-7-9-24-10-8-20/h5-6,11-13,17,21H,3-4,7-10,14-15H2,1-2H3/b6-5+. The highest BCUT2D eigenvalue weighted by molar-refractivity contribution is 7.99. The molecule has 0 amide bonds. The quantitative estimate of drug-likeness (QED) is 0.739. The second-order valence-corrected chi connectivity index (χ2v) is 7.24. The highest BCUT2D eigenvalue weighted by atomic mass is 32.2. The number of nitrogens with zero attached hydrogens (tertiary/aromatic N) is 1. The van der Waals surface area contributed by atoms with Crippen molar-refractivity contribution in [2.24, 2.45) is 0 Å². The summed E-state index contributed by atoms with van der Waals surface area (Å²) >= 11 is 1.97. The third-order valence-electron chi connectivity index (χ3n) is 3.92. The first-order valence-electron chi connectivity index (χ1n) is 8.68. The van der Waals surface area contributed by atoms with Crippen LogP contribution in [0, 0.1) is 0 Å². The van der Waals surface area contributed by atoms with Crippen molar-refractivity contribution in [3.63, 3.8) is 0 Å². The molecule has 0 aromatic heterocycles. The van der Waals surface area contributed by atoms with Crippen LogP contribution in [-0.2, 0) is 0 Å². The summed E-state index contributed by atoms with van der Waals surface area (Å²) in [5, 5.41) is 10.2. The maximum atomic E-state index is 10.2. The zero-order valence-corrected chi connectivity index (χ0v) is 15.6. The molecule has 0 aliphatic carbocycles. The molecule has 5 heteroatoms. The summed E-state index contributed by atoms with van der Waals surface area (Å²) in [4.78, 5) is 2.30. The van der Waals surface area contributed by atoms with Crippen LogP contribution < -0.4 is 9.47 Å². The van der Waals surface area contributed by atoms with Crippen LogP contribution >= 0.6 is 11.8 Å². The van der Waals surface area contributed by atoms with Gasteiger partial charge in [-0.3, -0.25) is 4.90 Å². The second-order valence-electron chi connectivity index (χ2n) is 6.01. The van der Waals surface area contributed by atoms with Crippen LogP contribution in [0.3, 0.4) is 0 Å². The third kappa shape index (κ3) is 6.75. The normalized spacial score (nSPS) is 17.1. The Hall–Kier alpha value is -1.17. The van der Waals surface area contributed by atoms with E-state index in [1.54, 1.807) is 7.11 Å². The van der Waals surface area contributed by atoms with E-state index in [-0.39, 0.29) is 0 Å². The molecule has 1 N–H and O–H groups in total. The van der Waals surface area contributed by atoms with E-state index >= 15 is 0 Å². The Labute approximate surface area is 149 Å². The molecule has 0 spiro atoms. The predicted molar refractivity (Wildman–Crippen MR) is 102 cm³/mol. The van der Waals surface area contributed by atoms with Crippen molar-refractivity contribution in [2.75, 3.05) is 44.9 Å². The highest BCUT2D eigenvalue weighted by Crippen LogP contribution is 2.24. The summed E-state index contributed by atoms with van der Waals surface area (Å²) in [6.07, 6.45) is 5.95. The van der Waals surface area contributed by atoms with E-state index in [9.17, 15) is 5.11 Å². The smallest absolute Gasteiger partial charge is 0.123 e. The van der Waals surface area contributed by atoms with Crippen LogP contribution in [0.2, 0.25) is 0 Å². The van der Waals surface area contributed by atoms with Crippen molar-refractivity contribution in [1.82, 2.24) is 4.90 Å². The van der Waals surface area contributed by atoms with Gasteiger partial charge in [0.1, 0.15) is 24.2 Å². The lowest BCUT2D eigenvalue weighted by atomic mass is 10.1. The fourth-order valence-corrected chi connectivity index (χ4v) is 3.58. The lowest BCUT2D eigenvalue weighted by Crippen LogP contribution is -2.40. The van der Waals surface area contributed by atoms with Gasteiger partial charge >= 0.3 is 0 Å². The molecule has 1 atom stereocenters. The van der Waals surface area contributed by atoms with E-state index in [0.29, 0.717) is 13.2 Å². The number of hydrogen-bond donors (Lipinski definition) is 1. The van der Waals surface area contributed by atoms with E-state index in [4.69, 9.17) is 9.47 Å². The minimum absolute atomic E-state index is 0.301. The number of unbranched alkanes of at least 4 members (excludes halogenated alkanes) is 1. The topological polar surface area (TPSA) is 41.9 Å². The summed E-state index contributed by atoms with van der Waals surface area (Å²) in [7, 11) is 1.65. The minimum Gasteiger partial charge on any atom is -0.497 e. The van der Waals surface area contributed by atoms with Gasteiger partial charge < -0.3 is 14.6 Å². The van der Waals surface area contributed by atoms with Crippen molar-refractivity contribution in [3.8, 4) is 11.5 Å². The van der Waals surface area contributed by atoms with E-state index in [2.05, 4.69) is 24.0 Å². The zero-order valence-electron chi connectivity index (χ0n) is 14.7. The van der Waals surface area contributed by atoms with E-state index in [1.165, 1.54) is 0 Å². The number of aliphatic hydroxyl groups is 1. The molecule has 1 aromatic rings. The number of benzene rings is 1. The highest BCUT2D eigenvalue weighted by Gasteiger charge is 2.15. The SMILES string of the molecule is CCC/C=C/c1cc(OC)cc(OCC(O)CN2CCSCC2)c1. The van der Waals surface area contributed by atoms with Crippen LogP contribution in [0.1, 0.15) is 25.3 Å². The fourth-order valence-electron chi connectivity index (χ4n) is 2.60. The summed E-state index contributed by atoms with van der Waals surface area (Å²) in [5.74, 6) is 3.80. The first-order valence-corrected chi connectivity index (χ1v) is 9.83. The molecule has 1 unspecified atom stereocenters. The van der Waals surface area contributed by atoms with Crippen molar-refractivity contribution in [3.05, 3.63) is 29.8 Å². The van der Waals surface area contributed by atoms with Crippen LogP contribution in [0.4, 0.5) is 0 Å². The van der Waals surface area contributed by atoms with Gasteiger partial charge in [-0.2, -0.15) is 11.8 Å². The van der Waals surface area contributed by atoms with Crippen molar-refractivity contribution >= 4 is 17.8 Å². The molecule has 0 radical (unpaired) electrons. The molecule has 24 heavy (non-hydrogen) atoms. The number of aliphatic hydroxyl groups excluding tert-OH is 1. The maximum Gasteiger partial charge on any atom is 0.123 e. The number of β-amino-alcohol motifs (C(OH)–C–C–N with tert-alkyl or cyclic N) is 1.